The molecule has 0 unspecified atom stereocenters. The van der Waals surface area contributed by atoms with Crippen molar-refractivity contribution in [3.63, 3.8) is 0 Å². The van der Waals surface area contributed by atoms with Crippen LogP contribution in [0.15, 0.2) is 16.6 Å². The van der Waals surface area contributed by atoms with Crippen LogP contribution in [-0.4, -0.2) is 13.7 Å². The van der Waals surface area contributed by atoms with E-state index in [1.54, 1.807) is 7.11 Å². The third-order valence-electron chi connectivity index (χ3n) is 3.53. The van der Waals surface area contributed by atoms with E-state index < -0.39 is 0 Å². The Hall–Kier alpha value is -0.700. The van der Waals surface area contributed by atoms with Crippen LogP contribution in [0.1, 0.15) is 31.2 Å². The zero-order chi connectivity index (χ0) is 12.3. The molecule has 0 spiro atoms. The number of hydrogen-bond acceptors (Lipinski definition) is 2. The molecule has 1 aromatic rings. The lowest BCUT2D eigenvalue weighted by molar-refractivity contribution is 0.415. The summed E-state index contributed by atoms with van der Waals surface area (Å²) < 4.78 is 6.50. The maximum atomic E-state index is 5.43. The van der Waals surface area contributed by atoms with E-state index in [9.17, 15) is 0 Å². The number of halogens is 1. The molecule has 2 rings (SSSR count). The second kappa shape index (κ2) is 5.76. The zero-order valence-electron chi connectivity index (χ0n) is 10.6. The van der Waals surface area contributed by atoms with Crippen LogP contribution in [-0.2, 0) is 0 Å². The molecule has 0 aliphatic heterocycles. The molecule has 0 radical (unpaired) electrons. The molecule has 0 heterocycles. The fraction of sp³-hybridized carbons (Fsp3) is 0.571. The summed E-state index contributed by atoms with van der Waals surface area (Å²) in [4.78, 5) is 0. The third kappa shape index (κ3) is 3.15. The van der Waals surface area contributed by atoms with Crippen LogP contribution in [0.3, 0.4) is 0 Å². The number of aryl methyl sites for hydroxylation is 1. The van der Waals surface area contributed by atoms with Crippen LogP contribution in [0.4, 0.5) is 5.69 Å². The van der Waals surface area contributed by atoms with Crippen LogP contribution in [0.2, 0.25) is 0 Å². The van der Waals surface area contributed by atoms with Gasteiger partial charge in [0.05, 0.1) is 12.8 Å². The van der Waals surface area contributed by atoms with Crippen LogP contribution < -0.4 is 10.1 Å². The smallest absolute Gasteiger partial charge is 0.143 e. The van der Waals surface area contributed by atoms with Crippen molar-refractivity contribution in [1.82, 2.24) is 0 Å². The van der Waals surface area contributed by atoms with Crippen LogP contribution in [0.5, 0.6) is 5.75 Å². The zero-order valence-corrected chi connectivity index (χ0v) is 12.1. The van der Waals surface area contributed by atoms with Gasteiger partial charge in [0, 0.05) is 11.0 Å². The molecule has 0 amide bonds. The minimum Gasteiger partial charge on any atom is -0.495 e. The molecule has 0 aromatic heterocycles. The predicted octanol–water partition coefficient (Wildman–Crippen LogP) is 4.37. The van der Waals surface area contributed by atoms with E-state index in [2.05, 4.69) is 34.2 Å². The SMILES string of the molecule is COc1cc(Br)cc(C)c1NCC1CCCC1. The molecule has 1 aliphatic carbocycles. The van der Waals surface area contributed by atoms with Gasteiger partial charge in [0.2, 0.25) is 0 Å². The van der Waals surface area contributed by atoms with Crippen molar-refractivity contribution in [3.8, 4) is 5.75 Å². The first-order chi connectivity index (χ1) is 8.20. The lowest BCUT2D eigenvalue weighted by atomic mass is 10.1. The molecular formula is C14H20BrNO. The van der Waals surface area contributed by atoms with E-state index in [-0.39, 0.29) is 0 Å². The van der Waals surface area contributed by atoms with Gasteiger partial charge in [-0.2, -0.15) is 0 Å². The van der Waals surface area contributed by atoms with Crippen molar-refractivity contribution in [2.24, 2.45) is 5.92 Å². The third-order valence-corrected chi connectivity index (χ3v) is 3.98. The highest BCUT2D eigenvalue weighted by Gasteiger charge is 2.16. The largest absolute Gasteiger partial charge is 0.495 e. The van der Waals surface area contributed by atoms with Crippen molar-refractivity contribution in [3.05, 3.63) is 22.2 Å². The van der Waals surface area contributed by atoms with Gasteiger partial charge in [0.25, 0.3) is 0 Å². The highest BCUT2D eigenvalue weighted by Crippen LogP contribution is 2.33. The summed E-state index contributed by atoms with van der Waals surface area (Å²) in [7, 11) is 1.72. The molecule has 1 N–H and O–H groups in total. The molecule has 2 nitrogen and oxygen atoms in total. The fourth-order valence-electron chi connectivity index (χ4n) is 2.56. The Bertz CT molecular complexity index is 386. The van der Waals surface area contributed by atoms with Crippen molar-refractivity contribution in [2.45, 2.75) is 32.6 Å². The van der Waals surface area contributed by atoms with E-state index in [0.29, 0.717) is 0 Å². The van der Waals surface area contributed by atoms with Gasteiger partial charge in [-0.15, -0.1) is 0 Å². The van der Waals surface area contributed by atoms with Gasteiger partial charge in [-0.05, 0) is 43.4 Å². The predicted molar refractivity (Wildman–Crippen MR) is 75.9 cm³/mol. The monoisotopic (exact) mass is 297 g/mol. The van der Waals surface area contributed by atoms with E-state index in [1.807, 2.05) is 6.07 Å². The Balaban J connectivity index is 2.08. The van der Waals surface area contributed by atoms with Gasteiger partial charge >= 0.3 is 0 Å². The maximum absolute atomic E-state index is 5.43. The van der Waals surface area contributed by atoms with Gasteiger partial charge in [0.15, 0.2) is 0 Å². The van der Waals surface area contributed by atoms with Gasteiger partial charge in [-0.3, -0.25) is 0 Å². The summed E-state index contributed by atoms with van der Waals surface area (Å²) in [5, 5.41) is 3.56. The lowest BCUT2D eigenvalue weighted by Crippen LogP contribution is -2.12. The number of anilines is 1. The van der Waals surface area contributed by atoms with Gasteiger partial charge < -0.3 is 10.1 Å². The van der Waals surface area contributed by atoms with Gasteiger partial charge in [-0.1, -0.05) is 28.8 Å². The summed E-state index contributed by atoms with van der Waals surface area (Å²) in [6.45, 7) is 3.18. The number of nitrogens with one attached hydrogen (secondary N) is 1. The fourth-order valence-corrected chi connectivity index (χ4v) is 3.11. The van der Waals surface area contributed by atoms with Crippen molar-refractivity contribution < 1.29 is 4.74 Å². The van der Waals surface area contributed by atoms with Gasteiger partial charge in [-0.25, -0.2) is 0 Å². The molecule has 0 saturated heterocycles. The Morgan fingerprint density at radius 2 is 2.06 bits per heavy atom. The molecule has 0 bridgehead atoms. The van der Waals surface area contributed by atoms with E-state index in [0.717, 1.165) is 28.4 Å². The Morgan fingerprint density at radius 1 is 1.35 bits per heavy atom. The molecule has 94 valence electrons. The Kier molecular flexibility index (Phi) is 4.32. The van der Waals surface area contributed by atoms with E-state index >= 15 is 0 Å². The molecule has 3 heteroatoms. The second-order valence-electron chi connectivity index (χ2n) is 4.83. The molecular weight excluding hydrogens is 278 g/mol. The number of hydrogen-bond donors (Lipinski definition) is 1. The summed E-state index contributed by atoms with van der Waals surface area (Å²) in [6.07, 6.45) is 5.52. The number of methoxy groups -OCH3 is 1. The first-order valence-corrected chi connectivity index (χ1v) is 7.08. The highest BCUT2D eigenvalue weighted by molar-refractivity contribution is 9.10. The first-order valence-electron chi connectivity index (χ1n) is 6.28. The number of benzene rings is 1. The molecule has 1 fully saturated rings. The van der Waals surface area contributed by atoms with E-state index in [4.69, 9.17) is 4.74 Å². The maximum Gasteiger partial charge on any atom is 0.143 e. The van der Waals surface area contributed by atoms with Crippen molar-refractivity contribution in [2.75, 3.05) is 19.0 Å². The van der Waals surface area contributed by atoms with Crippen molar-refractivity contribution in [1.29, 1.82) is 0 Å². The highest BCUT2D eigenvalue weighted by atomic mass is 79.9. The van der Waals surface area contributed by atoms with E-state index in [1.165, 1.54) is 31.2 Å². The van der Waals surface area contributed by atoms with Crippen molar-refractivity contribution >= 4 is 21.6 Å². The standard InChI is InChI=1S/C14H20BrNO/c1-10-7-12(15)8-13(17-2)14(10)16-9-11-5-3-4-6-11/h7-8,11,16H,3-6,9H2,1-2H3. The average Bonchev–Trinajstić information content (AvgIpc) is 2.79. The normalized spacial score (nSPS) is 16.2. The van der Waals surface area contributed by atoms with Crippen LogP contribution in [0.25, 0.3) is 0 Å². The second-order valence-corrected chi connectivity index (χ2v) is 5.75. The first kappa shape index (κ1) is 12.7. The number of ether oxygens (including phenoxy) is 1. The summed E-state index contributed by atoms with van der Waals surface area (Å²) in [6, 6.07) is 4.14. The Morgan fingerprint density at radius 3 is 2.71 bits per heavy atom. The Labute approximate surface area is 112 Å². The number of rotatable bonds is 4. The van der Waals surface area contributed by atoms with Gasteiger partial charge in [0.1, 0.15) is 5.75 Å². The minimum absolute atomic E-state index is 0.836. The molecule has 1 aliphatic rings. The quantitative estimate of drug-likeness (QED) is 0.891. The lowest BCUT2D eigenvalue weighted by Gasteiger charge is -2.17. The average molecular weight is 298 g/mol. The van der Waals surface area contributed by atoms with Crippen LogP contribution in [0, 0.1) is 12.8 Å². The summed E-state index contributed by atoms with van der Waals surface area (Å²) in [5.41, 5.74) is 2.37. The molecule has 0 atom stereocenters. The summed E-state index contributed by atoms with van der Waals surface area (Å²) >= 11 is 3.50. The minimum atomic E-state index is 0.836. The molecule has 17 heavy (non-hydrogen) atoms. The summed E-state index contributed by atoms with van der Waals surface area (Å²) in [5.74, 6) is 1.76. The van der Waals surface area contributed by atoms with Crippen LogP contribution >= 0.6 is 15.9 Å². The molecule has 1 saturated carbocycles. The molecule has 1 aromatic carbocycles. The topological polar surface area (TPSA) is 21.3 Å².